The second kappa shape index (κ2) is 8.99. The molecule has 0 bridgehead atoms. The lowest BCUT2D eigenvalue weighted by Gasteiger charge is -2.37. The Morgan fingerprint density at radius 3 is 2.53 bits per heavy atom. The van der Waals surface area contributed by atoms with Gasteiger partial charge in [-0.25, -0.2) is 0 Å². The monoisotopic (exact) mass is 461 g/mol. The number of ketones is 1. The van der Waals surface area contributed by atoms with Gasteiger partial charge >= 0.3 is 5.91 Å². The van der Waals surface area contributed by atoms with Gasteiger partial charge in [-0.05, 0) is 36.4 Å². The minimum absolute atomic E-state index is 0.00446. The number of nitro groups is 1. The van der Waals surface area contributed by atoms with Crippen LogP contribution in [0.15, 0.2) is 65.3 Å². The van der Waals surface area contributed by atoms with Gasteiger partial charge in [-0.2, -0.15) is 0 Å². The minimum Gasteiger partial charge on any atom is -0.467 e. The van der Waals surface area contributed by atoms with Crippen LogP contribution in [-0.2, 0) is 11.3 Å². The number of fused-ring (bicyclic) bond motifs is 1. The van der Waals surface area contributed by atoms with Crippen molar-refractivity contribution in [3.8, 4) is 0 Å². The summed E-state index contributed by atoms with van der Waals surface area (Å²) in [7, 11) is 0. The van der Waals surface area contributed by atoms with Gasteiger partial charge in [-0.15, -0.1) is 0 Å². The van der Waals surface area contributed by atoms with E-state index in [4.69, 9.17) is 4.42 Å². The first-order chi connectivity index (χ1) is 16.5. The fourth-order valence-corrected chi connectivity index (χ4v) is 4.35. The number of nitro benzene ring substituents is 1. The number of amides is 1. The smallest absolute Gasteiger partial charge is 0.300 e. The van der Waals surface area contributed by atoms with E-state index in [1.54, 1.807) is 48.7 Å². The molecule has 5 rings (SSSR count). The number of piperazine rings is 1. The maximum absolute atomic E-state index is 12.5. The van der Waals surface area contributed by atoms with E-state index in [-0.39, 0.29) is 5.69 Å². The van der Waals surface area contributed by atoms with E-state index in [2.05, 4.69) is 15.1 Å². The van der Waals surface area contributed by atoms with Crippen LogP contribution in [0.4, 0.5) is 22.7 Å². The van der Waals surface area contributed by atoms with E-state index in [0.717, 1.165) is 5.69 Å². The largest absolute Gasteiger partial charge is 0.467 e. The van der Waals surface area contributed by atoms with Crippen molar-refractivity contribution in [2.45, 2.75) is 6.54 Å². The van der Waals surface area contributed by atoms with Crippen LogP contribution < -0.4 is 15.1 Å². The number of Topliss-reactive ketones (excluding diaryl/α,β-unsaturated/α-hetero) is 1. The number of nitrogens with zero attached hydrogens (tertiary/aromatic N) is 4. The Hall–Kier alpha value is -4.18. The molecule has 1 N–H and O–H groups in total. The highest BCUT2D eigenvalue weighted by molar-refractivity contribution is 6.52. The number of anilines is 3. The summed E-state index contributed by atoms with van der Waals surface area (Å²) in [6.07, 6.45) is 1.56. The summed E-state index contributed by atoms with van der Waals surface area (Å²) < 4.78 is 5.31. The average Bonchev–Trinajstić information content (AvgIpc) is 3.46. The molecular formula is C24H23N5O5. The van der Waals surface area contributed by atoms with Crippen molar-refractivity contribution < 1.29 is 18.9 Å². The molecule has 2 aromatic carbocycles. The summed E-state index contributed by atoms with van der Waals surface area (Å²) >= 11 is 0. The Morgan fingerprint density at radius 2 is 1.79 bits per heavy atom. The molecule has 0 aliphatic carbocycles. The van der Waals surface area contributed by atoms with Crippen LogP contribution in [0.5, 0.6) is 0 Å². The van der Waals surface area contributed by atoms with Crippen molar-refractivity contribution in [3.63, 3.8) is 0 Å². The number of hydrogen-bond acceptors (Lipinski definition) is 8. The molecule has 34 heavy (non-hydrogen) atoms. The van der Waals surface area contributed by atoms with Crippen LogP contribution in [0.2, 0.25) is 0 Å². The van der Waals surface area contributed by atoms with Crippen LogP contribution in [0.25, 0.3) is 0 Å². The Bertz CT molecular complexity index is 1230. The normalized spacial score (nSPS) is 16.1. The highest BCUT2D eigenvalue weighted by Crippen LogP contribution is 2.32. The summed E-state index contributed by atoms with van der Waals surface area (Å²) in [4.78, 5) is 41.6. The maximum atomic E-state index is 12.5. The number of furan rings is 1. The molecule has 174 valence electrons. The third-order valence-corrected chi connectivity index (χ3v) is 6.17. The topological polar surface area (TPSA) is 112 Å². The second-order valence-corrected chi connectivity index (χ2v) is 8.22. The maximum Gasteiger partial charge on any atom is 0.300 e. The Labute approximate surface area is 195 Å². The van der Waals surface area contributed by atoms with Crippen molar-refractivity contribution >= 4 is 34.4 Å². The molecule has 0 atom stereocenters. The molecule has 3 heterocycles. The lowest BCUT2D eigenvalue weighted by molar-refractivity contribution is -0.384. The molecule has 0 unspecified atom stereocenters. The number of nitrogens with one attached hydrogen (secondary N) is 1. The molecule has 1 amide bonds. The zero-order valence-corrected chi connectivity index (χ0v) is 18.3. The quantitative estimate of drug-likeness (QED) is 0.325. The van der Waals surface area contributed by atoms with Crippen LogP contribution in [0.1, 0.15) is 16.1 Å². The van der Waals surface area contributed by atoms with Crippen molar-refractivity contribution in [1.82, 2.24) is 4.90 Å². The molecule has 1 fully saturated rings. The fraction of sp³-hybridized carbons (Fsp3) is 0.250. The van der Waals surface area contributed by atoms with Gasteiger partial charge in [-0.3, -0.25) is 29.5 Å². The van der Waals surface area contributed by atoms with Crippen LogP contribution in [0, 0.1) is 10.1 Å². The molecule has 1 saturated heterocycles. The van der Waals surface area contributed by atoms with Gasteiger partial charge in [0.2, 0.25) is 0 Å². The van der Waals surface area contributed by atoms with Crippen LogP contribution in [-0.4, -0.2) is 54.4 Å². The van der Waals surface area contributed by atoms with Crippen molar-refractivity contribution in [2.24, 2.45) is 0 Å². The number of carbonyl (C=O) groups is 2. The number of carbonyl (C=O) groups excluding carboxylic acids is 2. The number of rotatable bonds is 7. The predicted octanol–water partition coefficient (Wildman–Crippen LogP) is 3.11. The van der Waals surface area contributed by atoms with Crippen molar-refractivity contribution in [1.29, 1.82) is 0 Å². The molecule has 3 aromatic rings. The second-order valence-electron chi connectivity index (χ2n) is 8.22. The van der Waals surface area contributed by atoms with Gasteiger partial charge in [0.1, 0.15) is 11.4 Å². The van der Waals surface area contributed by atoms with Crippen molar-refractivity contribution in [3.05, 3.63) is 82.3 Å². The molecule has 10 nitrogen and oxygen atoms in total. The first kappa shape index (κ1) is 21.7. The number of para-hydroxylation sites is 1. The van der Waals surface area contributed by atoms with E-state index >= 15 is 0 Å². The molecule has 2 aliphatic rings. The summed E-state index contributed by atoms with van der Waals surface area (Å²) in [5.74, 6) is -0.272. The third kappa shape index (κ3) is 4.11. The van der Waals surface area contributed by atoms with E-state index in [0.29, 0.717) is 62.1 Å². The highest BCUT2D eigenvalue weighted by Gasteiger charge is 2.36. The molecule has 0 spiro atoms. The summed E-state index contributed by atoms with van der Waals surface area (Å²) in [6, 6.07) is 15.7. The molecule has 0 saturated carbocycles. The SMILES string of the molecule is O=C1C(=O)N(CN2CCN(c3ccc([N+](=O)[O-])c(NCc4ccco4)c3)CC2)c2ccccc21. The third-order valence-electron chi connectivity index (χ3n) is 6.17. The Balaban J connectivity index is 1.25. The molecule has 2 aliphatic heterocycles. The van der Waals surface area contributed by atoms with Gasteiger partial charge in [0.05, 0.1) is 35.7 Å². The first-order valence-corrected chi connectivity index (χ1v) is 11.0. The minimum atomic E-state index is -0.494. The first-order valence-electron chi connectivity index (χ1n) is 11.0. The zero-order chi connectivity index (χ0) is 23.7. The summed E-state index contributed by atoms with van der Waals surface area (Å²) in [5.41, 5.74) is 2.42. The average molecular weight is 461 g/mol. The number of benzene rings is 2. The summed E-state index contributed by atoms with van der Waals surface area (Å²) in [5, 5.41) is 14.6. The van der Waals surface area contributed by atoms with E-state index in [9.17, 15) is 19.7 Å². The van der Waals surface area contributed by atoms with E-state index in [1.807, 2.05) is 6.07 Å². The van der Waals surface area contributed by atoms with Crippen LogP contribution in [0.3, 0.4) is 0 Å². The van der Waals surface area contributed by atoms with E-state index in [1.165, 1.54) is 11.0 Å². The standard InChI is InChI=1S/C24H23N5O5/c30-23-19-5-1-2-6-21(19)28(24(23)31)16-26-9-11-27(12-10-26)17-7-8-22(29(32)33)20(14-17)25-15-18-4-3-13-34-18/h1-8,13-14,25H,9-12,15-16H2. The molecular weight excluding hydrogens is 438 g/mol. The van der Waals surface area contributed by atoms with Gasteiger partial charge in [0.15, 0.2) is 0 Å². The fourth-order valence-electron chi connectivity index (χ4n) is 4.35. The number of hydrogen-bond donors (Lipinski definition) is 1. The molecule has 1 aromatic heterocycles. The lowest BCUT2D eigenvalue weighted by atomic mass is 10.1. The van der Waals surface area contributed by atoms with Gasteiger partial charge in [0.25, 0.3) is 11.5 Å². The van der Waals surface area contributed by atoms with Crippen LogP contribution >= 0.6 is 0 Å². The summed E-state index contributed by atoms with van der Waals surface area (Å²) in [6.45, 7) is 3.44. The Kier molecular flexibility index (Phi) is 5.72. The highest BCUT2D eigenvalue weighted by atomic mass is 16.6. The zero-order valence-electron chi connectivity index (χ0n) is 18.3. The molecule has 10 heteroatoms. The Morgan fingerprint density at radius 1 is 1.00 bits per heavy atom. The van der Waals surface area contributed by atoms with Gasteiger partial charge in [-0.1, -0.05) is 12.1 Å². The lowest BCUT2D eigenvalue weighted by Crippen LogP contribution is -2.51. The predicted molar refractivity (Wildman–Crippen MR) is 126 cm³/mol. The van der Waals surface area contributed by atoms with Gasteiger partial charge in [0, 0.05) is 37.9 Å². The van der Waals surface area contributed by atoms with Gasteiger partial charge < -0.3 is 14.6 Å². The van der Waals surface area contributed by atoms with E-state index < -0.39 is 16.6 Å². The molecule has 0 radical (unpaired) electrons. The van der Waals surface area contributed by atoms with Crippen molar-refractivity contribution in [2.75, 3.05) is 48.0 Å².